The highest BCUT2D eigenvalue weighted by Crippen LogP contribution is 2.37. The summed E-state index contributed by atoms with van der Waals surface area (Å²) in [5.74, 6) is 1.01. The Morgan fingerprint density at radius 2 is 1.76 bits per heavy atom. The number of ether oxygens (including phenoxy) is 1. The lowest BCUT2D eigenvalue weighted by molar-refractivity contribution is -0.137. The lowest BCUT2D eigenvalue weighted by Crippen LogP contribution is -2.31. The number of aromatic nitrogens is 2. The van der Waals surface area contributed by atoms with Crippen LogP contribution < -0.4 is 10.3 Å². The number of nitrogens with zero attached hydrogens (tertiary/aromatic N) is 2. The van der Waals surface area contributed by atoms with Crippen LogP contribution in [0.4, 0.5) is 13.2 Å². The van der Waals surface area contributed by atoms with E-state index >= 15 is 0 Å². The molecule has 1 fully saturated rings. The van der Waals surface area contributed by atoms with Crippen molar-refractivity contribution in [3.63, 3.8) is 0 Å². The van der Waals surface area contributed by atoms with E-state index in [1.165, 1.54) is 24.2 Å². The van der Waals surface area contributed by atoms with Gasteiger partial charge in [-0.05, 0) is 61.8 Å². The van der Waals surface area contributed by atoms with Crippen molar-refractivity contribution < 1.29 is 17.9 Å². The molecule has 0 radical (unpaired) electrons. The summed E-state index contributed by atoms with van der Waals surface area (Å²) in [5, 5.41) is 0.159. The first-order valence-corrected chi connectivity index (χ1v) is 12.2. The highest BCUT2D eigenvalue weighted by atomic mass is 35.5. The molecule has 5 nitrogen and oxygen atoms in total. The van der Waals surface area contributed by atoms with E-state index in [2.05, 4.69) is 14.9 Å². The molecule has 34 heavy (non-hydrogen) atoms. The highest BCUT2D eigenvalue weighted by Gasteiger charge is 2.33. The van der Waals surface area contributed by atoms with Crippen LogP contribution in [0.3, 0.4) is 0 Å². The van der Waals surface area contributed by atoms with Gasteiger partial charge in [-0.2, -0.15) is 18.2 Å². The molecule has 0 atom stereocenters. The minimum atomic E-state index is -4.56. The van der Waals surface area contributed by atoms with E-state index in [-0.39, 0.29) is 16.3 Å². The molecule has 1 N–H and O–H groups in total. The Bertz CT molecular complexity index is 1180. The second kappa shape index (κ2) is 10.8. The fourth-order valence-corrected chi connectivity index (χ4v) is 4.69. The molecule has 2 aromatic carbocycles. The number of piperidine rings is 1. The van der Waals surface area contributed by atoms with E-state index < -0.39 is 11.7 Å². The summed E-state index contributed by atoms with van der Waals surface area (Å²) < 4.78 is 44.6. The summed E-state index contributed by atoms with van der Waals surface area (Å²) in [6.07, 6.45) is 0.755. The lowest BCUT2D eigenvalue weighted by atomic mass is 10.1. The summed E-state index contributed by atoms with van der Waals surface area (Å²) in [6, 6.07) is 10.4. The minimum absolute atomic E-state index is 0.0465. The first kappa shape index (κ1) is 24.6. The van der Waals surface area contributed by atoms with Gasteiger partial charge in [0.25, 0.3) is 5.56 Å². The zero-order valence-electron chi connectivity index (χ0n) is 18.2. The van der Waals surface area contributed by atoms with Crippen molar-refractivity contribution in [2.45, 2.75) is 42.9 Å². The molecule has 1 aromatic heterocycles. The standard InChI is InChI=1S/C24H23ClF3N3O2S/c25-21-9-8-19(12-20(21)24(26,27)28)33-18-6-4-16(5-7-18)15-34-23-29-13-17(22(32)30-23)14-31-10-2-1-3-11-31/h4-9,12-13H,1-3,10-11,14-15H2,(H,29,30,32). The van der Waals surface area contributed by atoms with Crippen molar-refractivity contribution >= 4 is 23.4 Å². The molecule has 180 valence electrons. The van der Waals surface area contributed by atoms with Crippen molar-refractivity contribution in [3.05, 3.63) is 80.7 Å². The number of hydrogen-bond donors (Lipinski definition) is 1. The second-order valence-electron chi connectivity index (χ2n) is 8.05. The normalized spacial score (nSPS) is 14.8. The number of likely N-dealkylation sites (tertiary alicyclic amines) is 1. The van der Waals surface area contributed by atoms with Crippen LogP contribution in [0.15, 0.2) is 58.6 Å². The van der Waals surface area contributed by atoms with E-state index in [1.54, 1.807) is 18.3 Å². The zero-order valence-corrected chi connectivity index (χ0v) is 19.8. The number of aromatic amines is 1. The molecular weight excluding hydrogens is 487 g/mol. The monoisotopic (exact) mass is 509 g/mol. The van der Waals surface area contributed by atoms with Crippen LogP contribution in [0, 0.1) is 0 Å². The Kier molecular flexibility index (Phi) is 7.85. The first-order valence-electron chi connectivity index (χ1n) is 10.9. The number of H-pyrrole nitrogens is 1. The van der Waals surface area contributed by atoms with Gasteiger partial charge in [0.15, 0.2) is 5.16 Å². The molecule has 0 saturated carbocycles. The number of hydrogen-bond acceptors (Lipinski definition) is 5. The van der Waals surface area contributed by atoms with E-state index in [0.29, 0.717) is 28.8 Å². The summed E-state index contributed by atoms with van der Waals surface area (Å²) in [5.41, 5.74) is 0.466. The number of benzene rings is 2. The number of halogens is 4. The summed E-state index contributed by atoms with van der Waals surface area (Å²) in [4.78, 5) is 21.9. The zero-order chi connectivity index (χ0) is 24.1. The molecule has 10 heteroatoms. The molecular formula is C24H23ClF3N3O2S. The number of thioether (sulfide) groups is 1. The first-order chi connectivity index (χ1) is 16.3. The van der Waals surface area contributed by atoms with Gasteiger partial charge in [0, 0.05) is 24.1 Å². The Hall–Kier alpha value is -2.49. The maximum Gasteiger partial charge on any atom is 0.417 e. The number of nitrogens with one attached hydrogen (secondary N) is 1. The fourth-order valence-electron chi connectivity index (χ4n) is 3.68. The van der Waals surface area contributed by atoms with Gasteiger partial charge in [0.2, 0.25) is 0 Å². The Labute approximate surface area is 204 Å². The van der Waals surface area contributed by atoms with Gasteiger partial charge >= 0.3 is 6.18 Å². The van der Waals surface area contributed by atoms with Crippen LogP contribution in [0.25, 0.3) is 0 Å². The van der Waals surface area contributed by atoms with Gasteiger partial charge in [0.1, 0.15) is 11.5 Å². The van der Waals surface area contributed by atoms with Gasteiger partial charge in [-0.25, -0.2) is 0 Å². The van der Waals surface area contributed by atoms with E-state index in [0.717, 1.165) is 43.6 Å². The predicted molar refractivity (Wildman–Crippen MR) is 127 cm³/mol. The average Bonchev–Trinajstić information content (AvgIpc) is 2.81. The van der Waals surface area contributed by atoms with Crippen molar-refractivity contribution in [1.82, 2.24) is 14.9 Å². The van der Waals surface area contributed by atoms with E-state index in [4.69, 9.17) is 16.3 Å². The third-order valence-corrected chi connectivity index (χ3v) is 6.76. The van der Waals surface area contributed by atoms with Crippen LogP contribution in [-0.2, 0) is 18.5 Å². The van der Waals surface area contributed by atoms with E-state index in [9.17, 15) is 18.0 Å². The minimum Gasteiger partial charge on any atom is -0.457 e. The van der Waals surface area contributed by atoms with Crippen LogP contribution in [0.2, 0.25) is 5.02 Å². The Morgan fingerprint density at radius 1 is 1.06 bits per heavy atom. The van der Waals surface area contributed by atoms with Crippen molar-refractivity contribution in [1.29, 1.82) is 0 Å². The summed E-state index contributed by atoms with van der Waals surface area (Å²) >= 11 is 7.04. The van der Waals surface area contributed by atoms with Crippen LogP contribution in [-0.4, -0.2) is 28.0 Å². The highest BCUT2D eigenvalue weighted by molar-refractivity contribution is 7.98. The van der Waals surface area contributed by atoms with Gasteiger partial charge in [-0.3, -0.25) is 9.69 Å². The molecule has 0 unspecified atom stereocenters. The SMILES string of the molecule is O=c1nc(SCc2ccc(Oc3ccc(Cl)c(C(F)(F)F)c3)cc2)[nH]cc1CN1CCCCC1. The van der Waals surface area contributed by atoms with Crippen molar-refractivity contribution in [3.8, 4) is 11.5 Å². The second-order valence-corrected chi connectivity index (χ2v) is 9.42. The van der Waals surface area contributed by atoms with Gasteiger partial charge in [-0.1, -0.05) is 41.9 Å². The summed E-state index contributed by atoms with van der Waals surface area (Å²) in [6.45, 7) is 2.64. The molecule has 3 aromatic rings. The number of rotatable bonds is 7. The third kappa shape index (κ3) is 6.55. The molecule has 1 aliphatic heterocycles. The van der Waals surface area contributed by atoms with Gasteiger partial charge < -0.3 is 9.72 Å². The maximum atomic E-state index is 13.0. The topological polar surface area (TPSA) is 58.2 Å². The predicted octanol–water partition coefficient (Wildman–Crippen LogP) is 6.51. The van der Waals surface area contributed by atoms with Crippen molar-refractivity contribution in [2.24, 2.45) is 0 Å². The summed E-state index contributed by atoms with van der Waals surface area (Å²) in [7, 11) is 0. The quantitative estimate of drug-likeness (QED) is 0.290. The Morgan fingerprint density at radius 3 is 2.44 bits per heavy atom. The molecule has 4 rings (SSSR count). The Balaban J connectivity index is 1.33. The third-order valence-electron chi connectivity index (χ3n) is 5.47. The lowest BCUT2D eigenvalue weighted by Gasteiger charge is -2.25. The smallest absolute Gasteiger partial charge is 0.417 e. The van der Waals surface area contributed by atoms with E-state index in [1.807, 2.05) is 12.1 Å². The fraction of sp³-hybridized carbons (Fsp3) is 0.333. The largest absolute Gasteiger partial charge is 0.457 e. The molecule has 0 spiro atoms. The average molecular weight is 510 g/mol. The maximum absolute atomic E-state index is 13.0. The molecule has 0 bridgehead atoms. The molecule has 0 amide bonds. The molecule has 0 aliphatic carbocycles. The molecule has 1 saturated heterocycles. The van der Waals surface area contributed by atoms with Crippen LogP contribution >= 0.6 is 23.4 Å². The van der Waals surface area contributed by atoms with Crippen LogP contribution in [0.5, 0.6) is 11.5 Å². The number of alkyl halides is 3. The van der Waals surface area contributed by atoms with Crippen LogP contribution in [0.1, 0.15) is 36.0 Å². The van der Waals surface area contributed by atoms with Crippen molar-refractivity contribution in [2.75, 3.05) is 13.1 Å². The van der Waals surface area contributed by atoms with Gasteiger partial charge in [-0.15, -0.1) is 0 Å². The van der Waals surface area contributed by atoms with Gasteiger partial charge in [0.05, 0.1) is 10.6 Å². The molecule has 2 heterocycles. The molecule has 1 aliphatic rings.